The number of likely N-dealkylation sites (tertiary alicyclic amines) is 1. The molecule has 5 heterocycles. The van der Waals surface area contributed by atoms with Crippen LogP contribution in [-0.2, 0) is 19.9 Å². The number of pyridine rings is 1. The summed E-state index contributed by atoms with van der Waals surface area (Å²) in [5.74, 6) is 0.285. The van der Waals surface area contributed by atoms with E-state index >= 15 is 0 Å². The third-order valence-corrected chi connectivity index (χ3v) is 9.70. The number of fused-ring (bicyclic) bond motifs is 1. The predicted molar refractivity (Wildman–Crippen MR) is 160 cm³/mol. The standard InChI is InChI=1S/C32H41N7O3/c1-23(22-41-2)36-10-7-32(42-3,8-11-36)27-4-5-28(34-20-27)26-18-30-29(6-9-35-39(30)21-26)37-12-14-38(15-13-37)31(40)25-16-24(17-25)19-33/h4-6,9,18,20-21,23-25H,7-8,10-17,22H2,1-3H3/t23-,24-,25-/m0/s1. The number of carbonyl (C=O) groups is 1. The largest absolute Gasteiger partial charge is 0.383 e. The zero-order valence-corrected chi connectivity index (χ0v) is 24.9. The lowest BCUT2D eigenvalue weighted by molar-refractivity contribution is -0.139. The molecule has 0 spiro atoms. The fourth-order valence-corrected chi connectivity index (χ4v) is 6.88. The molecule has 0 N–H and O–H groups in total. The van der Waals surface area contributed by atoms with Crippen LogP contribution >= 0.6 is 0 Å². The first-order chi connectivity index (χ1) is 20.4. The summed E-state index contributed by atoms with van der Waals surface area (Å²) in [5, 5.41) is 13.6. The van der Waals surface area contributed by atoms with Crippen LogP contribution in [0.1, 0.15) is 38.2 Å². The van der Waals surface area contributed by atoms with E-state index < -0.39 is 0 Å². The highest BCUT2D eigenvalue weighted by Crippen LogP contribution is 2.38. The number of anilines is 1. The Labute approximate surface area is 247 Å². The highest BCUT2D eigenvalue weighted by molar-refractivity contribution is 5.81. The second-order valence-corrected chi connectivity index (χ2v) is 12.1. The van der Waals surface area contributed by atoms with E-state index in [0.29, 0.717) is 32.0 Å². The fraction of sp³-hybridized carbons (Fsp3) is 0.562. The quantitative estimate of drug-likeness (QED) is 0.405. The molecular weight excluding hydrogens is 530 g/mol. The molecule has 3 fully saturated rings. The van der Waals surface area contributed by atoms with Crippen LogP contribution in [0.3, 0.4) is 0 Å². The molecule has 1 amide bonds. The van der Waals surface area contributed by atoms with Crippen molar-refractivity contribution in [3.05, 3.63) is 48.4 Å². The van der Waals surface area contributed by atoms with Crippen LogP contribution in [0.25, 0.3) is 16.8 Å². The molecule has 1 atom stereocenters. The van der Waals surface area contributed by atoms with E-state index in [2.05, 4.69) is 52.2 Å². The lowest BCUT2D eigenvalue weighted by atomic mass is 9.75. The number of nitriles is 1. The van der Waals surface area contributed by atoms with Crippen LogP contribution in [0.2, 0.25) is 0 Å². The molecule has 42 heavy (non-hydrogen) atoms. The van der Waals surface area contributed by atoms with Gasteiger partial charge in [0.15, 0.2) is 0 Å². The van der Waals surface area contributed by atoms with Gasteiger partial charge in [0.2, 0.25) is 5.91 Å². The molecule has 10 heteroatoms. The van der Waals surface area contributed by atoms with Crippen LogP contribution < -0.4 is 4.90 Å². The first-order valence-corrected chi connectivity index (χ1v) is 15.1. The number of rotatable bonds is 8. The highest BCUT2D eigenvalue weighted by Gasteiger charge is 2.39. The normalized spacial score (nSPS) is 23.4. The lowest BCUT2D eigenvalue weighted by Gasteiger charge is -2.43. The summed E-state index contributed by atoms with van der Waals surface area (Å²) in [6, 6.07) is 11.1. The van der Waals surface area contributed by atoms with Gasteiger partial charge in [-0.1, -0.05) is 6.07 Å². The third kappa shape index (κ3) is 5.37. The Bertz CT molecular complexity index is 1430. The van der Waals surface area contributed by atoms with Gasteiger partial charge in [-0.25, -0.2) is 4.52 Å². The van der Waals surface area contributed by atoms with E-state index in [-0.39, 0.29) is 23.3 Å². The molecule has 0 radical (unpaired) electrons. The number of nitrogens with zero attached hydrogens (tertiary/aromatic N) is 7. The monoisotopic (exact) mass is 571 g/mol. The third-order valence-electron chi connectivity index (χ3n) is 9.70. The van der Waals surface area contributed by atoms with Crippen LogP contribution in [0.15, 0.2) is 42.9 Å². The van der Waals surface area contributed by atoms with Crippen LogP contribution in [0.4, 0.5) is 5.69 Å². The molecule has 0 aromatic carbocycles. The Kier molecular flexibility index (Phi) is 8.17. The molecule has 10 nitrogen and oxygen atoms in total. The first-order valence-electron chi connectivity index (χ1n) is 15.1. The number of piperidine rings is 1. The van der Waals surface area contributed by atoms with E-state index in [1.807, 2.05) is 35.1 Å². The first kappa shape index (κ1) is 28.6. The van der Waals surface area contributed by atoms with Gasteiger partial charge in [0.05, 0.1) is 35.2 Å². The van der Waals surface area contributed by atoms with Crippen molar-refractivity contribution in [2.45, 2.75) is 44.2 Å². The molecule has 1 saturated carbocycles. The number of methoxy groups -OCH3 is 2. The molecule has 3 aromatic heterocycles. The van der Waals surface area contributed by atoms with Gasteiger partial charge in [-0.3, -0.25) is 14.7 Å². The SMILES string of the molecule is COC[C@H](C)N1CCC(OC)(c2ccc(-c3cc4c(N5CCN(C(=O)[C@H]6C[C@H](C#N)C6)CC5)ccnn4c3)nc2)CC1. The molecule has 2 aliphatic heterocycles. The van der Waals surface area contributed by atoms with Gasteiger partial charge >= 0.3 is 0 Å². The van der Waals surface area contributed by atoms with Crippen molar-refractivity contribution in [3.8, 4) is 17.3 Å². The van der Waals surface area contributed by atoms with Crippen molar-refractivity contribution in [3.63, 3.8) is 0 Å². The van der Waals surface area contributed by atoms with Gasteiger partial charge < -0.3 is 19.3 Å². The van der Waals surface area contributed by atoms with Gasteiger partial charge in [0.1, 0.15) is 0 Å². The number of hydrogen-bond acceptors (Lipinski definition) is 8. The zero-order chi connectivity index (χ0) is 29.3. The summed E-state index contributed by atoms with van der Waals surface area (Å²) >= 11 is 0. The average molecular weight is 572 g/mol. The molecule has 222 valence electrons. The van der Waals surface area contributed by atoms with Gasteiger partial charge in [-0.2, -0.15) is 10.4 Å². The number of carbonyl (C=O) groups excluding carboxylic acids is 1. The lowest BCUT2D eigenvalue weighted by Crippen LogP contribution is -2.52. The molecular formula is C32H41N7O3. The van der Waals surface area contributed by atoms with Gasteiger partial charge in [-0.05, 0) is 50.8 Å². The maximum Gasteiger partial charge on any atom is 0.225 e. The molecule has 6 rings (SSSR count). The highest BCUT2D eigenvalue weighted by atomic mass is 16.5. The number of amides is 1. The zero-order valence-electron chi connectivity index (χ0n) is 24.9. The Morgan fingerprint density at radius 3 is 2.52 bits per heavy atom. The summed E-state index contributed by atoms with van der Waals surface area (Å²) in [5.41, 5.74) is 4.85. The van der Waals surface area contributed by atoms with E-state index in [0.717, 1.165) is 73.7 Å². The van der Waals surface area contributed by atoms with Gasteiger partial charge in [-0.15, -0.1) is 0 Å². The van der Waals surface area contributed by atoms with Crippen molar-refractivity contribution in [2.24, 2.45) is 11.8 Å². The number of aromatic nitrogens is 3. The maximum absolute atomic E-state index is 12.8. The summed E-state index contributed by atoms with van der Waals surface area (Å²) in [4.78, 5) is 24.5. The Balaban J connectivity index is 1.13. The molecule has 1 aliphatic carbocycles. The summed E-state index contributed by atoms with van der Waals surface area (Å²) in [7, 11) is 3.57. The number of ether oxygens (including phenoxy) is 2. The van der Waals surface area contributed by atoms with Crippen molar-refractivity contribution in [1.82, 2.24) is 24.4 Å². The van der Waals surface area contributed by atoms with Crippen molar-refractivity contribution < 1.29 is 14.3 Å². The average Bonchev–Trinajstić information content (AvgIpc) is 3.46. The Hall–Kier alpha value is -3.52. The summed E-state index contributed by atoms with van der Waals surface area (Å²) in [6.07, 6.45) is 9.09. The molecule has 0 bridgehead atoms. The predicted octanol–water partition coefficient (Wildman–Crippen LogP) is 3.57. The fourth-order valence-electron chi connectivity index (χ4n) is 6.88. The minimum atomic E-state index is -0.325. The number of piperazine rings is 1. The van der Waals surface area contributed by atoms with Crippen LogP contribution in [0, 0.1) is 23.2 Å². The Morgan fingerprint density at radius 1 is 1.12 bits per heavy atom. The van der Waals surface area contributed by atoms with Crippen LogP contribution in [0.5, 0.6) is 0 Å². The summed E-state index contributed by atoms with van der Waals surface area (Å²) < 4.78 is 13.4. The molecule has 2 saturated heterocycles. The van der Waals surface area contributed by atoms with Crippen molar-refractivity contribution in [1.29, 1.82) is 5.26 Å². The van der Waals surface area contributed by atoms with E-state index in [1.54, 1.807) is 7.11 Å². The topological polar surface area (TPSA) is 99.2 Å². The molecule has 3 aromatic rings. The molecule has 3 aliphatic rings. The summed E-state index contributed by atoms with van der Waals surface area (Å²) in [6.45, 7) is 7.81. The van der Waals surface area contributed by atoms with E-state index in [4.69, 9.17) is 19.7 Å². The van der Waals surface area contributed by atoms with Crippen LogP contribution in [-0.4, -0.2) is 96.4 Å². The smallest absolute Gasteiger partial charge is 0.225 e. The minimum absolute atomic E-state index is 0.0251. The molecule has 0 unspecified atom stereocenters. The number of hydrogen-bond donors (Lipinski definition) is 0. The van der Waals surface area contributed by atoms with E-state index in [9.17, 15) is 4.79 Å². The van der Waals surface area contributed by atoms with Crippen molar-refractivity contribution in [2.75, 3.05) is 65.0 Å². The maximum atomic E-state index is 12.8. The van der Waals surface area contributed by atoms with Gasteiger partial charge in [0, 0.05) is 101 Å². The van der Waals surface area contributed by atoms with Crippen molar-refractivity contribution >= 4 is 17.1 Å². The Morgan fingerprint density at radius 2 is 1.88 bits per heavy atom. The minimum Gasteiger partial charge on any atom is -0.383 e. The second kappa shape index (κ2) is 12.0. The second-order valence-electron chi connectivity index (χ2n) is 12.1. The van der Waals surface area contributed by atoms with Gasteiger partial charge in [0.25, 0.3) is 0 Å². The van der Waals surface area contributed by atoms with E-state index in [1.165, 1.54) is 0 Å².